The average molecular weight is 250 g/mol. The Bertz CT molecular complexity index is 377. The summed E-state index contributed by atoms with van der Waals surface area (Å²) in [5.41, 5.74) is 1.26. The zero-order valence-electron chi connectivity index (χ0n) is 12.1. The van der Waals surface area contributed by atoms with Gasteiger partial charge in [0.1, 0.15) is 0 Å². The second kappa shape index (κ2) is 5.41. The second-order valence-electron chi connectivity index (χ2n) is 5.75. The lowest BCUT2D eigenvalue weighted by molar-refractivity contribution is 0.105. The van der Waals surface area contributed by atoms with Crippen LogP contribution in [0.2, 0.25) is 0 Å². The molecular formula is C14H26N4. The Balaban J connectivity index is 2.22. The average Bonchev–Trinajstić information content (AvgIpc) is 2.96. The number of nitrogens with one attached hydrogen (secondary N) is 1. The van der Waals surface area contributed by atoms with Crippen LogP contribution in [0.5, 0.6) is 0 Å². The van der Waals surface area contributed by atoms with Gasteiger partial charge in [-0.15, -0.1) is 0 Å². The Morgan fingerprint density at radius 1 is 1.39 bits per heavy atom. The van der Waals surface area contributed by atoms with Gasteiger partial charge in [0, 0.05) is 18.8 Å². The van der Waals surface area contributed by atoms with Gasteiger partial charge in [-0.3, -0.25) is 9.58 Å². The zero-order chi connectivity index (χ0) is 13.2. The van der Waals surface area contributed by atoms with E-state index in [4.69, 9.17) is 0 Å². The molecule has 2 heterocycles. The Kier molecular flexibility index (Phi) is 4.07. The first-order chi connectivity index (χ1) is 8.55. The highest BCUT2D eigenvalue weighted by Crippen LogP contribution is 2.32. The van der Waals surface area contributed by atoms with Crippen molar-refractivity contribution in [1.29, 1.82) is 0 Å². The van der Waals surface area contributed by atoms with Crippen LogP contribution in [0.15, 0.2) is 12.3 Å². The van der Waals surface area contributed by atoms with Gasteiger partial charge in [-0.05, 0) is 52.4 Å². The number of hydrogen-bond donors (Lipinski definition) is 1. The molecule has 0 radical (unpaired) electrons. The molecule has 2 rings (SSSR count). The zero-order valence-corrected chi connectivity index (χ0v) is 12.1. The van der Waals surface area contributed by atoms with Gasteiger partial charge < -0.3 is 5.32 Å². The maximum absolute atomic E-state index is 4.59. The molecule has 0 spiro atoms. The van der Waals surface area contributed by atoms with Gasteiger partial charge >= 0.3 is 0 Å². The van der Waals surface area contributed by atoms with E-state index in [-0.39, 0.29) is 5.54 Å². The molecule has 4 heteroatoms. The molecule has 0 aliphatic carbocycles. The smallest absolute Gasteiger partial charge is 0.0812 e. The molecule has 1 atom stereocenters. The van der Waals surface area contributed by atoms with Crippen LogP contribution < -0.4 is 5.32 Å². The summed E-state index contributed by atoms with van der Waals surface area (Å²) in [6, 6.07) is 2.42. The number of aromatic nitrogens is 2. The summed E-state index contributed by atoms with van der Waals surface area (Å²) in [4.78, 5) is 2.59. The van der Waals surface area contributed by atoms with Gasteiger partial charge in [-0.1, -0.05) is 6.92 Å². The molecule has 1 aromatic heterocycles. The van der Waals surface area contributed by atoms with Crippen molar-refractivity contribution in [3.63, 3.8) is 0 Å². The Hall–Kier alpha value is -0.870. The van der Waals surface area contributed by atoms with Gasteiger partial charge in [0.2, 0.25) is 0 Å². The van der Waals surface area contributed by atoms with Gasteiger partial charge in [0.05, 0.1) is 11.7 Å². The van der Waals surface area contributed by atoms with Crippen molar-refractivity contribution in [2.75, 3.05) is 19.6 Å². The Morgan fingerprint density at radius 2 is 2.06 bits per heavy atom. The van der Waals surface area contributed by atoms with E-state index in [0.717, 1.165) is 12.2 Å². The molecule has 1 fully saturated rings. The van der Waals surface area contributed by atoms with Crippen LogP contribution in [0.25, 0.3) is 0 Å². The van der Waals surface area contributed by atoms with Crippen molar-refractivity contribution in [1.82, 2.24) is 20.0 Å². The normalized spacial score (nSPS) is 19.3. The molecule has 1 aromatic rings. The summed E-state index contributed by atoms with van der Waals surface area (Å²) in [5, 5.41) is 8.21. The number of likely N-dealkylation sites (tertiary alicyclic amines) is 1. The molecule has 1 aliphatic heterocycles. The van der Waals surface area contributed by atoms with Crippen molar-refractivity contribution in [3.05, 3.63) is 18.0 Å². The van der Waals surface area contributed by atoms with Crippen LogP contribution in [-0.4, -0.2) is 39.9 Å². The molecule has 1 unspecified atom stereocenters. The lowest BCUT2D eigenvalue weighted by atomic mass is 9.90. The van der Waals surface area contributed by atoms with Crippen molar-refractivity contribution >= 4 is 0 Å². The number of rotatable bonds is 5. The van der Waals surface area contributed by atoms with Crippen molar-refractivity contribution in [2.24, 2.45) is 7.05 Å². The minimum absolute atomic E-state index is 0.112. The van der Waals surface area contributed by atoms with Crippen molar-refractivity contribution in [3.8, 4) is 0 Å². The molecule has 1 N–H and O–H groups in total. The van der Waals surface area contributed by atoms with Gasteiger partial charge in [-0.25, -0.2) is 0 Å². The highest BCUT2D eigenvalue weighted by Gasteiger charge is 2.38. The number of hydrogen-bond acceptors (Lipinski definition) is 3. The lowest BCUT2D eigenvalue weighted by Crippen LogP contribution is -2.51. The Labute approximate surface area is 110 Å². The quantitative estimate of drug-likeness (QED) is 0.867. The molecular weight excluding hydrogens is 224 g/mol. The molecule has 0 amide bonds. The molecule has 4 nitrogen and oxygen atoms in total. The monoisotopic (exact) mass is 250 g/mol. The third-order valence-corrected chi connectivity index (χ3v) is 4.07. The first kappa shape index (κ1) is 13.6. The van der Waals surface area contributed by atoms with E-state index < -0.39 is 0 Å². The van der Waals surface area contributed by atoms with Gasteiger partial charge in [0.15, 0.2) is 0 Å². The summed E-state index contributed by atoms with van der Waals surface area (Å²) in [6.07, 6.45) is 4.68. The summed E-state index contributed by atoms with van der Waals surface area (Å²) >= 11 is 0. The molecule has 102 valence electrons. The van der Waals surface area contributed by atoms with Crippen LogP contribution in [-0.2, 0) is 7.05 Å². The van der Waals surface area contributed by atoms with Crippen LogP contribution in [0, 0.1) is 0 Å². The minimum Gasteiger partial charge on any atom is -0.307 e. The highest BCUT2D eigenvalue weighted by molar-refractivity contribution is 5.13. The van der Waals surface area contributed by atoms with E-state index in [9.17, 15) is 0 Å². The van der Waals surface area contributed by atoms with E-state index in [1.54, 1.807) is 0 Å². The van der Waals surface area contributed by atoms with Crippen LogP contribution in [0.1, 0.15) is 45.3 Å². The topological polar surface area (TPSA) is 33.1 Å². The van der Waals surface area contributed by atoms with Crippen LogP contribution in [0.4, 0.5) is 0 Å². The lowest BCUT2D eigenvalue weighted by Gasteiger charge is -2.41. The third kappa shape index (κ3) is 2.59. The standard InChI is InChI=1S/C14H26N4/c1-5-15-13(12-8-11-17(4)16-12)14(2,3)18-9-6-7-10-18/h8,11,13,15H,5-7,9-10H2,1-4H3. The molecule has 0 aromatic carbocycles. The predicted octanol–water partition coefficient (Wildman–Crippen LogP) is 1.95. The minimum atomic E-state index is 0.112. The SMILES string of the molecule is CCNC(c1ccn(C)n1)C(C)(C)N1CCCC1. The fourth-order valence-corrected chi connectivity index (χ4v) is 2.98. The maximum Gasteiger partial charge on any atom is 0.0812 e. The molecule has 1 saturated heterocycles. The van der Waals surface area contributed by atoms with E-state index in [1.165, 1.54) is 25.9 Å². The van der Waals surface area contributed by atoms with E-state index in [1.807, 2.05) is 17.9 Å². The summed E-state index contributed by atoms with van der Waals surface area (Å²) in [6.45, 7) is 10.2. The van der Waals surface area contributed by atoms with Crippen LogP contribution in [0.3, 0.4) is 0 Å². The van der Waals surface area contributed by atoms with E-state index >= 15 is 0 Å². The summed E-state index contributed by atoms with van der Waals surface area (Å²) < 4.78 is 1.89. The summed E-state index contributed by atoms with van der Waals surface area (Å²) in [7, 11) is 1.98. The number of nitrogens with zero attached hydrogens (tertiary/aromatic N) is 3. The van der Waals surface area contributed by atoms with Crippen molar-refractivity contribution in [2.45, 2.75) is 45.2 Å². The fraction of sp³-hybridized carbons (Fsp3) is 0.786. The predicted molar refractivity (Wildman–Crippen MR) is 74.5 cm³/mol. The Morgan fingerprint density at radius 3 is 2.56 bits per heavy atom. The number of aryl methyl sites for hydroxylation is 1. The molecule has 0 saturated carbocycles. The molecule has 0 bridgehead atoms. The van der Waals surface area contributed by atoms with E-state index in [2.05, 4.69) is 42.2 Å². The second-order valence-corrected chi connectivity index (χ2v) is 5.75. The first-order valence-electron chi connectivity index (χ1n) is 7.03. The molecule has 18 heavy (non-hydrogen) atoms. The molecule has 1 aliphatic rings. The third-order valence-electron chi connectivity index (χ3n) is 4.07. The first-order valence-corrected chi connectivity index (χ1v) is 7.03. The maximum atomic E-state index is 4.59. The van der Waals surface area contributed by atoms with Crippen LogP contribution >= 0.6 is 0 Å². The largest absolute Gasteiger partial charge is 0.307 e. The van der Waals surface area contributed by atoms with Crippen molar-refractivity contribution < 1.29 is 0 Å². The summed E-state index contributed by atoms with van der Waals surface area (Å²) in [5.74, 6) is 0. The van der Waals surface area contributed by atoms with Gasteiger partial charge in [0.25, 0.3) is 0 Å². The number of likely N-dealkylation sites (N-methyl/N-ethyl adjacent to an activating group) is 1. The highest BCUT2D eigenvalue weighted by atomic mass is 15.3. The van der Waals surface area contributed by atoms with Gasteiger partial charge in [-0.2, -0.15) is 5.10 Å². The van der Waals surface area contributed by atoms with E-state index in [0.29, 0.717) is 6.04 Å². The fourth-order valence-electron chi connectivity index (χ4n) is 2.98.